The largest absolute Gasteiger partial charge is 0.334 e. The summed E-state index contributed by atoms with van der Waals surface area (Å²) in [6, 6.07) is 18.9. The fourth-order valence-electron chi connectivity index (χ4n) is 3.87. The number of rotatable bonds is 5. The van der Waals surface area contributed by atoms with Gasteiger partial charge in [0.2, 0.25) is 5.82 Å². The third-order valence-electron chi connectivity index (χ3n) is 5.66. The highest BCUT2D eigenvalue weighted by atomic mass is 35.5. The van der Waals surface area contributed by atoms with Crippen LogP contribution in [0.15, 0.2) is 76.3 Å². The summed E-state index contributed by atoms with van der Waals surface area (Å²) in [5.41, 5.74) is 4.60. The number of hydrogen-bond acceptors (Lipinski definition) is 5. The zero-order valence-electron chi connectivity index (χ0n) is 18.1. The number of aryl methyl sites for hydroxylation is 1. The van der Waals surface area contributed by atoms with Crippen molar-refractivity contribution in [2.24, 2.45) is 0 Å². The summed E-state index contributed by atoms with van der Waals surface area (Å²) in [5.74, 6) is 0.923. The lowest BCUT2D eigenvalue weighted by molar-refractivity contribution is 0.203. The number of aromatic nitrogens is 2. The van der Waals surface area contributed by atoms with Crippen LogP contribution >= 0.6 is 22.9 Å². The summed E-state index contributed by atoms with van der Waals surface area (Å²) in [6.45, 7) is 4.34. The third kappa shape index (κ3) is 4.29. The van der Waals surface area contributed by atoms with Gasteiger partial charge in [0.05, 0.1) is 23.0 Å². The van der Waals surface area contributed by atoms with Gasteiger partial charge in [-0.2, -0.15) is 4.98 Å². The molecule has 0 bridgehead atoms. The Morgan fingerprint density at radius 2 is 1.85 bits per heavy atom. The minimum absolute atomic E-state index is 0.185. The van der Waals surface area contributed by atoms with E-state index >= 15 is 0 Å². The number of hydrogen-bond donors (Lipinski definition) is 1. The van der Waals surface area contributed by atoms with Crippen molar-refractivity contribution in [3.63, 3.8) is 0 Å². The van der Waals surface area contributed by atoms with Crippen molar-refractivity contribution in [1.29, 1.82) is 0 Å². The first-order valence-corrected chi connectivity index (χ1v) is 11.7. The van der Waals surface area contributed by atoms with E-state index in [1.54, 1.807) is 16.2 Å². The number of allylic oxidation sites excluding steroid dienone is 1. The average molecular weight is 477 g/mol. The Morgan fingerprint density at radius 3 is 2.55 bits per heavy atom. The van der Waals surface area contributed by atoms with Crippen LogP contribution in [0.25, 0.3) is 16.3 Å². The van der Waals surface area contributed by atoms with Gasteiger partial charge in [0.25, 0.3) is 5.89 Å². The maximum absolute atomic E-state index is 13.2. The molecule has 0 spiro atoms. The first-order valence-electron chi connectivity index (χ1n) is 10.5. The number of amides is 2. The highest BCUT2D eigenvalue weighted by Gasteiger charge is 2.35. The van der Waals surface area contributed by atoms with Crippen LogP contribution in [0.3, 0.4) is 0 Å². The van der Waals surface area contributed by atoms with E-state index in [0.717, 1.165) is 32.8 Å². The van der Waals surface area contributed by atoms with Crippen molar-refractivity contribution in [2.45, 2.75) is 26.4 Å². The van der Waals surface area contributed by atoms with Crippen molar-refractivity contribution in [2.75, 3.05) is 0 Å². The van der Waals surface area contributed by atoms with Crippen LogP contribution in [-0.4, -0.2) is 21.1 Å². The minimum atomic E-state index is -0.406. The fourth-order valence-corrected chi connectivity index (χ4v) is 4.64. The lowest BCUT2D eigenvalue weighted by atomic mass is 9.94. The van der Waals surface area contributed by atoms with Gasteiger partial charge in [-0.05, 0) is 48.6 Å². The number of nitrogens with one attached hydrogen (secondary N) is 1. The van der Waals surface area contributed by atoms with Crippen LogP contribution in [0.1, 0.15) is 35.5 Å². The van der Waals surface area contributed by atoms with Crippen molar-refractivity contribution < 1.29 is 9.32 Å². The Kier molecular flexibility index (Phi) is 5.74. The van der Waals surface area contributed by atoms with Gasteiger partial charge >= 0.3 is 6.03 Å². The molecule has 166 valence electrons. The lowest BCUT2D eigenvalue weighted by Crippen LogP contribution is -2.45. The molecule has 5 rings (SSSR count). The van der Waals surface area contributed by atoms with Gasteiger partial charge in [-0.3, -0.25) is 4.90 Å². The molecule has 2 aromatic heterocycles. The van der Waals surface area contributed by atoms with E-state index in [2.05, 4.69) is 15.5 Å². The highest BCUT2D eigenvalue weighted by Crippen LogP contribution is 2.38. The molecule has 0 saturated carbocycles. The summed E-state index contributed by atoms with van der Waals surface area (Å²) in [7, 11) is 0. The van der Waals surface area contributed by atoms with E-state index in [-0.39, 0.29) is 6.03 Å². The minimum Gasteiger partial charge on any atom is -0.334 e. The second-order valence-electron chi connectivity index (χ2n) is 7.91. The summed E-state index contributed by atoms with van der Waals surface area (Å²) >= 11 is 7.58. The Bertz CT molecular complexity index is 1310. The van der Waals surface area contributed by atoms with Gasteiger partial charge in [-0.15, -0.1) is 11.3 Å². The van der Waals surface area contributed by atoms with Crippen LogP contribution < -0.4 is 5.32 Å². The summed E-state index contributed by atoms with van der Waals surface area (Å²) in [5, 5.41) is 9.95. The van der Waals surface area contributed by atoms with E-state index in [0.29, 0.717) is 23.3 Å². The van der Waals surface area contributed by atoms with E-state index in [1.807, 2.05) is 79.9 Å². The molecular formula is C25H21ClN4O2S. The van der Waals surface area contributed by atoms with Crippen LogP contribution in [0.5, 0.6) is 0 Å². The molecule has 4 aromatic rings. The molecule has 8 heteroatoms. The molecule has 1 aliphatic rings. The number of benzene rings is 2. The standard InChI is InChI=1S/C25H21ClN4O2S/c1-15-5-9-18(10-6-15)22-21(24-28-23(29-32-24)20-4-3-13-33-20)16(2)30(25(31)27-22)14-17-7-11-19(26)12-8-17/h3-13,22H,14H2,1-2H3,(H,27,31). The van der Waals surface area contributed by atoms with Crippen LogP contribution in [0.2, 0.25) is 5.02 Å². The average Bonchev–Trinajstić information content (AvgIpc) is 3.50. The number of carbonyl (C=O) groups excluding carboxylic acids is 1. The van der Waals surface area contributed by atoms with E-state index in [9.17, 15) is 4.79 Å². The monoisotopic (exact) mass is 476 g/mol. The maximum Gasteiger partial charge on any atom is 0.322 e. The molecule has 2 amide bonds. The van der Waals surface area contributed by atoms with Gasteiger partial charge in [-0.25, -0.2) is 4.79 Å². The Labute approximate surface area is 200 Å². The predicted molar refractivity (Wildman–Crippen MR) is 130 cm³/mol. The predicted octanol–water partition coefficient (Wildman–Crippen LogP) is 6.46. The molecule has 6 nitrogen and oxygen atoms in total. The number of urea groups is 1. The van der Waals surface area contributed by atoms with Crippen molar-refractivity contribution in [1.82, 2.24) is 20.4 Å². The Morgan fingerprint density at radius 1 is 1.09 bits per heavy atom. The summed E-state index contributed by atoms with van der Waals surface area (Å²) in [4.78, 5) is 20.5. The van der Waals surface area contributed by atoms with E-state index in [1.165, 1.54) is 0 Å². The topological polar surface area (TPSA) is 71.3 Å². The fraction of sp³-hybridized carbons (Fsp3) is 0.160. The summed E-state index contributed by atoms with van der Waals surface area (Å²) in [6.07, 6.45) is 0. The number of nitrogens with zero attached hydrogens (tertiary/aromatic N) is 3. The van der Waals surface area contributed by atoms with Gasteiger partial charge in [0.15, 0.2) is 0 Å². The SMILES string of the molecule is CC1=C(c2nc(-c3cccs3)no2)C(c2ccc(C)cc2)NC(=O)N1Cc1ccc(Cl)cc1. The molecule has 0 saturated heterocycles. The number of halogens is 1. The molecule has 33 heavy (non-hydrogen) atoms. The lowest BCUT2D eigenvalue weighted by Gasteiger charge is -2.35. The number of carbonyl (C=O) groups is 1. The molecule has 1 aliphatic heterocycles. The van der Waals surface area contributed by atoms with Crippen molar-refractivity contribution >= 4 is 34.5 Å². The van der Waals surface area contributed by atoms with Crippen molar-refractivity contribution in [3.05, 3.63) is 99.3 Å². The van der Waals surface area contributed by atoms with Gasteiger partial charge in [-0.1, -0.05) is 64.8 Å². The highest BCUT2D eigenvalue weighted by molar-refractivity contribution is 7.13. The van der Waals surface area contributed by atoms with Gasteiger partial charge < -0.3 is 9.84 Å². The zero-order valence-corrected chi connectivity index (χ0v) is 19.7. The normalized spacial score (nSPS) is 16.3. The molecule has 1 unspecified atom stereocenters. The van der Waals surface area contributed by atoms with E-state index in [4.69, 9.17) is 16.1 Å². The van der Waals surface area contributed by atoms with Crippen LogP contribution in [0, 0.1) is 6.92 Å². The second-order valence-corrected chi connectivity index (χ2v) is 9.29. The first kappa shape index (κ1) is 21.4. The molecule has 0 fully saturated rings. The molecule has 0 aliphatic carbocycles. The quantitative estimate of drug-likeness (QED) is 0.359. The summed E-state index contributed by atoms with van der Waals surface area (Å²) < 4.78 is 5.72. The molecule has 1 atom stereocenters. The molecular weight excluding hydrogens is 456 g/mol. The van der Waals surface area contributed by atoms with Crippen LogP contribution in [0.4, 0.5) is 4.79 Å². The van der Waals surface area contributed by atoms with Crippen molar-refractivity contribution in [3.8, 4) is 10.7 Å². The zero-order chi connectivity index (χ0) is 22.9. The Hall–Kier alpha value is -3.42. The molecule has 1 N–H and O–H groups in total. The maximum atomic E-state index is 13.2. The van der Waals surface area contributed by atoms with E-state index < -0.39 is 6.04 Å². The van der Waals surface area contributed by atoms with Gasteiger partial charge in [0, 0.05) is 10.7 Å². The third-order valence-corrected chi connectivity index (χ3v) is 6.78. The van der Waals surface area contributed by atoms with Crippen LogP contribution in [-0.2, 0) is 6.54 Å². The molecule has 3 heterocycles. The smallest absolute Gasteiger partial charge is 0.322 e. The molecule has 2 aromatic carbocycles. The molecule has 0 radical (unpaired) electrons. The van der Waals surface area contributed by atoms with Gasteiger partial charge in [0.1, 0.15) is 0 Å². The first-order chi connectivity index (χ1) is 16.0. The Balaban J connectivity index is 1.59. The number of thiophene rings is 1. The second kappa shape index (κ2) is 8.84.